The Balaban J connectivity index is 3.63. The number of benzene rings is 1. The average molecular weight is 322 g/mol. The molecule has 1 aromatic rings. The summed E-state index contributed by atoms with van der Waals surface area (Å²) in [5.74, 6) is -0.723. The van der Waals surface area contributed by atoms with E-state index in [0.29, 0.717) is 5.56 Å². The highest BCUT2D eigenvalue weighted by Gasteiger charge is 2.52. The van der Waals surface area contributed by atoms with Crippen LogP contribution in [-0.4, -0.2) is 58.1 Å². The van der Waals surface area contributed by atoms with Gasteiger partial charge < -0.3 is 14.2 Å². The van der Waals surface area contributed by atoms with E-state index in [2.05, 4.69) is 0 Å². The Morgan fingerprint density at radius 3 is 1.64 bits per heavy atom. The van der Waals surface area contributed by atoms with Crippen LogP contribution in [0.3, 0.4) is 0 Å². The van der Waals surface area contributed by atoms with Crippen molar-refractivity contribution in [2.45, 2.75) is 25.2 Å². The quantitative estimate of drug-likeness (QED) is 0.615. The second-order valence-corrected chi connectivity index (χ2v) is 11.1. The van der Waals surface area contributed by atoms with Crippen molar-refractivity contribution in [1.29, 1.82) is 0 Å². The maximum atomic E-state index is 13.0. The summed E-state index contributed by atoms with van der Waals surface area (Å²) in [6.07, 6.45) is 0. The summed E-state index contributed by atoms with van der Waals surface area (Å²) in [7, 11) is 4.35. The standard InChI is InChI=1S/C16H26N2O3Si/c1-17(2)14(19)16(15(20)18(3)4,21-22(5,6)7)13-11-9-8-10-12-13/h8-12H,1-7H3. The van der Waals surface area contributed by atoms with Gasteiger partial charge in [-0.1, -0.05) is 30.3 Å². The molecule has 0 spiro atoms. The number of rotatable bonds is 5. The van der Waals surface area contributed by atoms with Crippen LogP contribution >= 0.6 is 0 Å². The number of nitrogens with zero attached hydrogens (tertiary/aromatic N) is 2. The summed E-state index contributed by atoms with van der Waals surface area (Å²) in [5, 5.41) is 0. The molecule has 0 aromatic heterocycles. The molecule has 122 valence electrons. The number of amides is 2. The smallest absolute Gasteiger partial charge is 0.267 e. The summed E-state index contributed by atoms with van der Waals surface area (Å²) in [6, 6.07) is 9.00. The van der Waals surface area contributed by atoms with Gasteiger partial charge in [-0.3, -0.25) is 9.59 Å². The van der Waals surface area contributed by atoms with Crippen LogP contribution in [0.25, 0.3) is 0 Å². The van der Waals surface area contributed by atoms with Gasteiger partial charge in [0.25, 0.3) is 11.8 Å². The van der Waals surface area contributed by atoms with Gasteiger partial charge in [0.15, 0.2) is 8.32 Å². The van der Waals surface area contributed by atoms with Gasteiger partial charge in [-0.25, -0.2) is 0 Å². The lowest BCUT2D eigenvalue weighted by Gasteiger charge is -2.39. The number of likely N-dealkylation sites (N-methyl/N-ethyl adjacent to an activating group) is 2. The second kappa shape index (κ2) is 6.62. The first-order chi connectivity index (χ1) is 10.0. The van der Waals surface area contributed by atoms with E-state index in [1.807, 2.05) is 37.8 Å². The third-order valence-corrected chi connectivity index (χ3v) is 3.97. The summed E-state index contributed by atoms with van der Waals surface area (Å²) in [5.41, 5.74) is -1.06. The molecule has 0 fully saturated rings. The zero-order valence-electron chi connectivity index (χ0n) is 14.5. The van der Waals surface area contributed by atoms with Crippen molar-refractivity contribution in [3.63, 3.8) is 0 Å². The lowest BCUT2D eigenvalue weighted by molar-refractivity contribution is -0.163. The number of carbonyl (C=O) groups excluding carboxylic acids is 2. The molecule has 0 atom stereocenters. The van der Waals surface area contributed by atoms with Gasteiger partial charge in [-0.05, 0) is 19.6 Å². The van der Waals surface area contributed by atoms with Crippen LogP contribution in [0.5, 0.6) is 0 Å². The van der Waals surface area contributed by atoms with Crippen molar-refractivity contribution in [2.24, 2.45) is 0 Å². The normalized spacial score (nSPS) is 12.0. The number of carbonyl (C=O) groups is 2. The highest BCUT2D eigenvalue weighted by Crippen LogP contribution is 2.33. The van der Waals surface area contributed by atoms with Crippen LogP contribution in [0.1, 0.15) is 5.56 Å². The van der Waals surface area contributed by atoms with Crippen LogP contribution in [0, 0.1) is 0 Å². The van der Waals surface area contributed by atoms with Crippen molar-refractivity contribution in [1.82, 2.24) is 9.80 Å². The fraction of sp³-hybridized carbons (Fsp3) is 0.500. The van der Waals surface area contributed by atoms with Crippen LogP contribution in [0.15, 0.2) is 30.3 Å². The van der Waals surface area contributed by atoms with E-state index in [1.54, 1.807) is 40.3 Å². The van der Waals surface area contributed by atoms with Gasteiger partial charge in [-0.2, -0.15) is 0 Å². The Morgan fingerprint density at radius 2 is 1.32 bits per heavy atom. The predicted octanol–water partition coefficient (Wildman–Crippen LogP) is 1.91. The Hall–Kier alpha value is -1.66. The molecule has 2 amide bonds. The van der Waals surface area contributed by atoms with Crippen molar-refractivity contribution in [2.75, 3.05) is 28.2 Å². The first kappa shape index (κ1) is 18.4. The summed E-state index contributed by atoms with van der Waals surface area (Å²) < 4.78 is 6.21. The molecule has 5 nitrogen and oxygen atoms in total. The molecular weight excluding hydrogens is 296 g/mol. The summed E-state index contributed by atoms with van der Waals surface area (Å²) >= 11 is 0. The maximum absolute atomic E-state index is 13.0. The lowest BCUT2D eigenvalue weighted by atomic mass is 9.91. The highest BCUT2D eigenvalue weighted by molar-refractivity contribution is 6.70. The molecule has 1 aromatic carbocycles. The fourth-order valence-corrected chi connectivity index (χ4v) is 3.46. The zero-order chi connectivity index (χ0) is 17.1. The molecule has 6 heteroatoms. The molecule has 0 aliphatic carbocycles. The van der Waals surface area contributed by atoms with E-state index in [0.717, 1.165) is 0 Å². The monoisotopic (exact) mass is 322 g/mol. The third-order valence-electron chi connectivity index (χ3n) is 3.05. The molecule has 0 unspecified atom stereocenters. The SMILES string of the molecule is CN(C)C(=O)C(O[Si](C)(C)C)(C(=O)N(C)C)c1ccccc1. The molecule has 0 aliphatic rings. The van der Waals surface area contributed by atoms with Gasteiger partial charge in [0, 0.05) is 33.8 Å². The average Bonchev–Trinajstić information content (AvgIpc) is 2.43. The molecule has 0 aliphatic heterocycles. The van der Waals surface area contributed by atoms with Crippen LogP contribution < -0.4 is 0 Å². The van der Waals surface area contributed by atoms with Gasteiger partial charge in [0.2, 0.25) is 5.60 Å². The number of hydrogen-bond donors (Lipinski definition) is 0. The summed E-state index contributed by atoms with van der Waals surface area (Å²) in [6.45, 7) is 5.91. The summed E-state index contributed by atoms with van der Waals surface area (Å²) in [4.78, 5) is 28.8. The molecular formula is C16H26N2O3Si. The third kappa shape index (κ3) is 3.75. The lowest BCUT2D eigenvalue weighted by Crippen LogP contribution is -2.59. The molecule has 22 heavy (non-hydrogen) atoms. The second-order valence-electron chi connectivity index (χ2n) is 6.66. The molecule has 0 heterocycles. The Bertz CT molecular complexity index is 516. The molecule has 0 saturated heterocycles. The molecule has 0 radical (unpaired) electrons. The maximum Gasteiger partial charge on any atom is 0.267 e. The Labute approximate surface area is 134 Å². The molecule has 0 saturated carbocycles. The minimum Gasteiger partial charge on any atom is -0.393 e. The van der Waals surface area contributed by atoms with Gasteiger partial charge in [-0.15, -0.1) is 0 Å². The van der Waals surface area contributed by atoms with E-state index in [4.69, 9.17) is 4.43 Å². The van der Waals surface area contributed by atoms with Crippen LogP contribution in [0.4, 0.5) is 0 Å². The van der Waals surface area contributed by atoms with Crippen molar-refractivity contribution in [3.05, 3.63) is 35.9 Å². The van der Waals surface area contributed by atoms with E-state index in [-0.39, 0.29) is 11.8 Å². The number of hydrogen-bond acceptors (Lipinski definition) is 3. The van der Waals surface area contributed by atoms with E-state index >= 15 is 0 Å². The highest BCUT2D eigenvalue weighted by atomic mass is 28.4. The van der Waals surface area contributed by atoms with E-state index < -0.39 is 13.9 Å². The van der Waals surface area contributed by atoms with Gasteiger partial charge >= 0.3 is 0 Å². The van der Waals surface area contributed by atoms with E-state index in [1.165, 1.54) is 9.80 Å². The van der Waals surface area contributed by atoms with Crippen LogP contribution in [0.2, 0.25) is 19.6 Å². The minimum atomic E-state index is -2.19. The van der Waals surface area contributed by atoms with Crippen LogP contribution in [-0.2, 0) is 19.6 Å². The molecule has 0 N–H and O–H groups in total. The first-order valence-electron chi connectivity index (χ1n) is 7.21. The van der Waals surface area contributed by atoms with Crippen molar-refractivity contribution < 1.29 is 14.0 Å². The zero-order valence-corrected chi connectivity index (χ0v) is 15.5. The van der Waals surface area contributed by atoms with Gasteiger partial charge in [0.05, 0.1) is 0 Å². The predicted molar refractivity (Wildman–Crippen MR) is 89.9 cm³/mol. The Morgan fingerprint density at radius 1 is 0.909 bits per heavy atom. The fourth-order valence-electron chi connectivity index (χ4n) is 2.25. The van der Waals surface area contributed by atoms with Gasteiger partial charge in [0.1, 0.15) is 0 Å². The minimum absolute atomic E-state index is 0.361. The topological polar surface area (TPSA) is 49.9 Å². The largest absolute Gasteiger partial charge is 0.393 e. The molecule has 0 bridgehead atoms. The van der Waals surface area contributed by atoms with E-state index in [9.17, 15) is 9.59 Å². The van der Waals surface area contributed by atoms with Crippen molar-refractivity contribution in [3.8, 4) is 0 Å². The van der Waals surface area contributed by atoms with Crippen molar-refractivity contribution >= 4 is 20.1 Å². The first-order valence-corrected chi connectivity index (χ1v) is 10.6. The Kier molecular flexibility index (Phi) is 5.53. The molecule has 1 rings (SSSR count).